The van der Waals surface area contributed by atoms with E-state index in [0.717, 1.165) is 38.3 Å². The predicted molar refractivity (Wildman–Crippen MR) is 66.8 cm³/mol. The summed E-state index contributed by atoms with van der Waals surface area (Å²) in [4.78, 5) is 2.24. The molecule has 4 nitrogen and oxygen atoms in total. The normalized spacial score (nSPS) is 21.1. The van der Waals surface area contributed by atoms with Crippen LogP contribution in [0.4, 0.5) is 0 Å². The maximum absolute atomic E-state index is 9.45. The zero-order chi connectivity index (χ0) is 12.3. The molecule has 17 heavy (non-hydrogen) atoms. The van der Waals surface area contributed by atoms with Crippen molar-refractivity contribution in [3.63, 3.8) is 0 Å². The average Bonchev–Trinajstić information content (AvgIpc) is 2.29. The predicted octanol–water partition coefficient (Wildman–Crippen LogP) is 0.942. The fourth-order valence-corrected chi connectivity index (χ4v) is 2.27. The molecule has 1 saturated heterocycles. The number of phenols is 1. The summed E-state index contributed by atoms with van der Waals surface area (Å²) >= 11 is 0. The maximum atomic E-state index is 9.45. The lowest BCUT2D eigenvalue weighted by atomic mass is 10.00. The number of aromatic hydroxyl groups is 1. The van der Waals surface area contributed by atoms with Gasteiger partial charge in [0.25, 0.3) is 0 Å². The van der Waals surface area contributed by atoms with Gasteiger partial charge >= 0.3 is 0 Å². The van der Waals surface area contributed by atoms with Gasteiger partial charge < -0.3 is 15.6 Å². The van der Waals surface area contributed by atoms with Crippen LogP contribution in [0.3, 0.4) is 0 Å². The Balaban J connectivity index is 2.05. The first-order chi connectivity index (χ1) is 8.08. The number of benzene rings is 1. The Labute approximate surface area is 102 Å². The highest BCUT2D eigenvalue weighted by molar-refractivity contribution is 5.28. The minimum atomic E-state index is -0.391. The SMILES string of the molecule is CC(N)(Cc1cccc(O)c1)N1CCOCC1. The number of hydrogen-bond donors (Lipinski definition) is 2. The van der Waals surface area contributed by atoms with Gasteiger partial charge in [-0.15, -0.1) is 0 Å². The van der Waals surface area contributed by atoms with Crippen molar-refractivity contribution < 1.29 is 9.84 Å². The summed E-state index contributed by atoms with van der Waals surface area (Å²) in [6.07, 6.45) is 0.724. The van der Waals surface area contributed by atoms with E-state index >= 15 is 0 Å². The second kappa shape index (κ2) is 5.04. The third kappa shape index (κ3) is 3.19. The Morgan fingerprint density at radius 1 is 1.41 bits per heavy atom. The summed E-state index contributed by atoms with van der Waals surface area (Å²) in [5.41, 5.74) is 7.03. The molecule has 1 unspecified atom stereocenters. The summed E-state index contributed by atoms with van der Waals surface area (Å²) in [7, 11) is 0. The summed E-state index contributed by atoms with van der Waals surface area (Å²) in [5, 5.41) is 9.45. The number of hydrogen-bond acceptors (Lipinski definition) is 4. The average molecular weight is 236 g/mol. The second-order valence-electron chi connectivity index (χ2n) is 4.80. The van der Waals surface area contributed by atoms with Crippen molar-refractivity contribution in [3.05, 3.63) is 29.8 Å². The van der Waals surface area contributed by atoms with Crippen molar-refractivity contribution in [2.75, 3.05) is 26.3 Å². The van der Waals surface area contributed by atoms with Crippen LogP contribution in [0.1, 0.15) is 12.5 Å². The molecule has 0 aromatic heterocycles. The van der Waals surface area contributed by atoms with E-state index in [4.69, 9.17) is 10.5 Å². The monoisotopic (exact) mass is 236 g/mol. The Morgan fingerprint density at radius 2 is 2.12 bits per heavy atom. The molecule has 0 amide bonds. The van der Waals surface area contributed by atoms with Crippen LogP contribution in [0, 0.1) is 0 Å². The lowest BCUT2D eigenvalue weighted by Crippen LogP contribution is -2.58. The van der Waals surface area contributed by atoms with Crippen LogP contribution in [-0.4, -0.2) is 42.0 Å². The zero-order valence-corrected chi connectivity index (χ0v) is 10.2. The molecular weight excluding hydrogens is 216 g/mol. The molecule has 0 radical (unpaired) electrons. The van der Waals surface area contributed by atoms with Crippen LogP contribution in [0.15, 0.2) is 24.3 Å². The molecule has 0 saturated carbocycles. The summed E-state index contributed by atoms with van der Waals surface area (Å²) in [6, 6.07) is 7.28. The van der Waals surface area contributed by atoms with Crippen molar-refractivity contribution in [2.45, 2.75) is 19.0 Å². The first-order valence-electron chi connectivity index (χ1n) is 5.97. The summed E-state index contributed by atoms with van der Waals surface area (Å²) in [5.74, 6) is 0.292. The Morgan fingerprint density at radius 3 is 2.76 bits per heavy atom. The van der Waals surface area contributed by atoms with Crippen LogP contribution in [0.2, 0.25) is 0 Å². The minimum absolute atomic E-state index is 0.292. The third-order valence-electron chi connectivity index (χ3n) is 3.21. The van der Waals surface area contributed by atoms with Gasteiger partial charge in [0.15, 0.2) is 0 Å². The minimum Gasteiger partial charge on any atom is -0.508 e. The molecule has 1 aliphatic heterocycles. The van der Waals surface area contributed by atoms with Crippen LogP contribution < -0.4 is 5.73 Å². The van der Waals surface area contributed by atoms with Gasteiger partial charge in [-0.2, -0.15) is 0 Å². The Bertz CT molecular complexity index is 373. The van der Waals surface area contributed by atoms with Gasteiger partial charge in [0, 0.05) is 19.5 Å². The first kappa shape index (κ1) is 12.4. The van der Waals surface area contributed by atoms with Gasteiger partial charge in [0.2, 0.25) is 0 Å². The number of ether oxygens (including phenoxy) is 1. The van der Waals surface area contributed by atoms with E-state index in [9.17, 15) is 5.11 Å². The van der Waals surface area contributed by atoms with Crippen molar-refractivity contribution >= 4 is 0 Å². The Hall–Kier alpha value is -1.10. The van der Waals surface area contributed by atoms with Crippen LogP contribution >= 0.6 is 0 Å². The van der Waals surface area contributed by atoms with Crippen molar-refractivity contribution in [3.8, 4) is 5.75 Å². The lowest BCUT2D eigenvalue weighted by Gasteiger charge is -2.40. The van der Waals surface area contributed by atoms with E-state index < -0.39 is 5.66 Å². The van der Waals surface area contributed by atoms with E-state index in [1.165, 1.54) is 0 Å². The standard InChI is InChI=1S/C13H20N2O2/c1-13(14,15-5-7-17-8-6-15)10-11-3-2-4-12(16)9-11/h2-4,9,16H,5-8,10,14H2,1H3. The first-order valence-corrected chi connectivity index (χ1v) is 5.97. The van der Waals surface area contributed by atoms with Gasteiger partial charge in [-0.3, -0.25) is 4.90 Å². The molecule has 1 atom stereocenters. The lowest BCUT2D eigenvalue weighted by molar-refractivity contribution is -0.0142. The van der Waals surface area contributed by atoms with E-state index in [-0.39, 0.29) is 0 Å². The molecule has 1 aromatic rings. The molecule has 1 fully saturated rings. The van der Waals surface area contributed by atoms with Crippen LogP contribution in [0.5, 0.6) is 5.75 Å². The fourth-order valence-electron chi connectivity index (χ4n) is 2.27. The van der Waals surface area contributed by atoms with E-state index in [0.29, 0.717) is 5.75 Å². The smallest absolute Gasteiger partial charge is 0.115 e. The maximum Gasteiger partial charge on any atom is 0.115 e. The molecule has 1 heterocycles. The van der Waals surface area contributed by atoms with E-state index in [2.05, 4.69) is 4.90 Å². The number of morpholine rings is 1. The number of rotatable bonds is 3. The Kier molecular flexibility index (Phi) is 3.66. The molecule has 4 heteroatoms. The van der Waals surface area contributed by atoms with Gasteiger partial charge in [-0.05, 0) is 24.6 Å². The topological polar surface area (TPSA) is 58.7 Å². The molecule has 2 rings (SSSR count). The molecule has 0 spiro atoms. The molecule has 1 aliphatic rings. The van der Waals surface area contributed by atoms with Gasteiger partial charge in [0.1, 0.15) is 5.75 Å². The van der Waals surface area contributed by atoms with Crippen molar-refractivity contribution in [1.82, 2.24) is 4.90 Å². The van der Waals surface area contributed by atoms with Gasteiger partial charge in [-0.25, -0.2) is 0 Å². The zero-order valence-electron chi connectivity index (χ0n) is 10.2. The highest BCUT2D eigenvalue weighted by Crippen LogP contribution is 2.19. The molecule has 3 N–H and O–H groups in total. The molecule has 0 aliphatic carbocycles. The molecular formula is C13H20N2O2. The molecule has 0 bridgehead atoms. The van der Waals surface area contributed by atoms with Gasteiger partial charge in [-0.1, -0.05) is 12.1 Å². The molecule has 1 aromatic carbocycles. The third-order valence-corrected chi connectivity index (χ3v) is 3.21. The van der Waals surface area contributed by atoms with Crippen molar-refractivity contribution in [2.24, 2.45) is 5.73 Å². The largest absolute Gasteiger partial charge is 0.508 e. The van der Waals surface area contributed by atoms with Crippen LogP contribution in [-0.2, 0) is 11.2 Å². The summed E-state index contributed by atoms with van der Waals surface area (Å²) in [6.45, 7) is 5.25. The summed E-state index contributed by atoms with van der Waals surface area (Å²) < 4.78 is 5.33. The van der Waals surface area contributed by atoms with E-state index in [1.807, 2.05) is 19.1 Å². The number of phenolic OH excluding ortho intramolecular Hbond substituents is 1. The fraction of sp³-hybridized carbons (Fsp3) is 0.538. The highest BCUT2D eigenvalue weighted by atomic mass is 16.5. The van der Waals surface area contributed by atoms with E-state index in [1.54, 1.807) is 12.1 Å². The number of nitrogens with two attached hydrogens (primary N) is 1. The van der Waals surface area contributed by atoms with Gasteiger partial charge in [0.05, 0.1) is 18.9 Å². The molecule has 94 valence electrons. The second-order valence-corrected chi connectivity index (χ2v) is 4.80. The van der Waals surface area contributed by atoms with Crippen molar-refractivity contribution in [1.29, 1.82) is 0 Å². The van der Waals surface area contributed by atoms with Crippen LogP contribution in [0.25, 0.3) is 0 Å². The highest BCUT2D eigenvalue weighted by Gasteiger charge is 2.28. The quantitative estimate of drug-likeness (QED) is 0.820. The number of nitrogens with zero attached hydrogens (tertiary/aromatic N) is 1.